The molecule has 1 unspecified atom stereocenters. The van der Waals surface area contributed by atoms with Crippen LogP contribution < -0.4 is 21.5 Å². The molecule has 0 radical (unpaired) electrons. The van der Waals surface area contributed by atoms with Crippen molar-refractivity contribution in [2.75, 3.05) is 23.4 Å². The van der Waals surface area contributed by atoms with Crippen LogP contribution in [-0.2, 0) is 4.79 Å². The molecular weight excluding hydrogens is 268 g/mol. The highest BCUT2D eigenvalue weighted by Gasteiger charge is 2.25. The fourth-order valence-electron chi connectivity index (χ4n) is 2.72. The summed E-state index contributed by atoms with van der Waals surface area (Å²) in [6, 6.07) is 7.99. The van der Waals surface area contributed by atoms with E-state index in [0.29, 0.717) is 5.95 Å². The molecule has 1 aromatic carbocycles. The van der Waals surface area contributed by atoms with Gasteiger partial charge in [-0.25, -0.2) is 10.8 Å². The van der Waals surface area contributed by atoms with Gasteiger partial charge in [0.15, 0.2) is 0 Å². The summed E-state index contributed by atoms with van der Waals surface area (Å²) in [5, 5.41) is 3.94. The molecule has 1 atom stereocenters. The lowest BCUT2D eigenvalue weighted by atomic mass is 10.2. The van der Waals surface area contributed by atoms with E-state index >= 15 is 0 Å². The number of rotatable bonds is 3. The number of anilines is 2. The molecule has 1 aliphatic heterocycles. The molecule has 0 saturated carbocycles. The molecule has 4 N–H and O–H groups in total. The van der Waals surface area contributed by atoms with Crippen LogP contribution in [0.4, 0.5) is 11.8 Å². The van der Waals surface area contributed by atoms with Gasteiger partial charge in [0.2, 0.25) is 11.9 Å². The highest BCUT2D eigenvalue weighted by Crippen LogP contribution is 2.27. The summed E-state index contributed by atoms with van der Waals surface area (Å²) in [6.07, 6.45) is 0.906. The number of hydrogen-bond acceptors (Lipinski definition) is 6. The molecule has 2 aromatic rings. The van der Waals surface area contributed by atoms with E-state index in [1.54, 1.807) is 6.92 Å². The molecule has 3 rings (SSSR count). The molecule has 110 valence electrons. The Morgan fingerprint density at radius 1 is 1.38 bits per heavy atom. The van der Waals surface area contributed by atoms with Crippen molar-refractivity contribution in [3.8, 4) is 0 Å². The third-order valence-electron chi connectivity index (χ3n) is 3.61. The van der Waals surface area contributed by atoms with Gasteiger partial charge in [0.05, 0.1) is 5.52 Å². The fourth-order valence-corrected chi connectivity index (χ4v) is 2.72. The third kappa shape index (κ3) is 2.73. The number of fused-ring (bicyclic) bond motifs is 1. The van der Waals surface area contributed by atoms with Gasteiger partial charge < -0.3 is 10.2 Å². The summed E-state index contributed by atoms with van der Waals surface area (Å²) >= 11 is 0. The first-order valence-corrected chi connectivity index (χ1v) is 6.93. The molecule has 0 bridgehead atoms. The van der Waals surface area contributed by atoms with Crippen LogP contribution in [0.25, 0.3) is 10.9 Å². The summed E-state index contributed by atoms with van der Waals surface area (Å²) in [7, 11) is 0. The second-order valence-corrected chi connectivity index (χ2v) is 5.16. The van der Waals surface area contributed by atoms with Crippen molar-refractivity contribution >= 4 is 28.6 Å². The lowest BCUT2D eigenvalue weighted by molar-refractivity contribution is -0.119. The van der Waals surface area contributed by atoms with Crippen LogP contribution in [0.15, 0.2) is 24.3 Å². The molecule has 1 aliphatic rings. The summed E-state index contributed by atoms with van der Waals surface area (Å²) < 4.78 is 0. The van der Waals surface area contributed by atoms with E-state index in [0.717, 1.165) is 36.2 Å². The van der Waals surface area contributed by atoms with Gasteiger partial charge >= 0.3 is 0 Å². The molecule has 1 fully saturated rings. The van der Waals surface area contributed by atoms with Crippen LogP contribution in [0.3, 0.4) is 0 Å². The number of aromatic nitrogens is 2. The second kappa shape index (κ2) is 5.53. The minimum absolute atomic E-state index is 0.00119. The lowest BCUT2D eigenvalue weighted by Gasteiger charge is -2.20. The largest absolute Gasteiger partial charge is 0.354 e. The number of nitrogens with one attached hydrogen (secondary N) is 2. The SMILES string of the molecule is CC(=O)NC1CCN(c2nc(NN)nc3ccccc23)C1. The fraction of sp³-hybridized carbons (Fsp3) is 0.357. The molecule has 0 spiro atoms. The number of hydrogen-bond donors (Lipinski definition) is 3. The smallest absolute Gasteiger partial charge is 0.239 e. The van der Waals surface area contributed by atoms with Crippen molar-refractivity contribution in [1.82, 2.24) is 15.3 Å². The van der Waals surface area contributed by atoms with Crippen LogP contribution in [0.1, 0.15) is 13.3 Å². The molecule has 0 aliphatic carbocycles. The van der Waals surface area contributed by atoms with Crippen LogP contribution in [0.5, 0.6) is 0 Å². The predicted octanol–water partition coefficient (Wildman–Crippen LogP) is 0.630. The van der Waals surface area contributed by atoms with Crippen LogP contribution in [0.2, 0.25) is 0 Å². The molecule has 1 aromatic heterocycles. The zero-order valence-electron chi connectivity index (χ0n) is 11.8. The Kier molecular flexibility index (Phi) is 3.57. The van der Waals surface area contributed by atoms with E-state index < -0.39 is 0 Å². The summed E-state index contributed by atoms with van der Waals surface area (Å²) in [4.78, 5) is 22.2. The number of amides is 1. The van der Waals surface area contributed by atoms with Crippen LogP contribution in [0, 0.1) is 0 Å². The number of benzene rings is 1. The lowest BCUT2D eigenvalue weighted by Crippen LogP contribution is -2.35. The van der Waals surface area contributed by atoms with E-state index in [1.807, 2.05) is 24.3 Å². The highest BCUT2D eigenvalue weighted by atomic mass is 16.1. The molecule has 1 amide bonds. The Morgan fingerprint density at radius 2 is 2.19 bits per heavy atom. The summed E-state index contributed by atoms with van der Waals surface area (Å²) in [6.45, 7) is 3.12. The number of para-hydroxylation sites is 1. The molecule has 21 heavy (non-hydrogen) atoms. The van der Waals surface area contributed by atoms with Gasteiger partial charge in [-0.3, -0.25) is 10.2 Å². The number of nitrogens with zero attached hydrogens (tertiary/aromatic N) is 3. The normalized spacial score (nSPS) is 18.0. The first kappa shape index (κ1) is 13.6. The number of carbonyl (C=O) groups excluding carboxylic acids is 1. The van der Waals surface area contributed by atoms with Crippen LogP contribution in [-0.4, -0.2) is 35.0 Å². The van der Waals surface area contributed by atoms with Gasteiger partial charge in [0.1, 0.15) is 5.82 Å². The van der Waals surface area contributed by atoms with Crippen molar-refractivity contribution in [2.24, 2.45) is 5.84 Å². The highest BCUT2D eigenvalue weighted by molar-refractivity contribution is 5.90. The maximum absolute atomic E-state index is 11.2. The Morgan fingerprint density at radius 3 is 2.95 bits per heavy atom. The Hall–Kier alpha value is -2.41. The first-order chi connectivity index (χ1) is 10.2. The molecule has 2 heterocycles. The maximum Gasteiger partial charge on any atom is 0.239 e. The van der Waals surface area contributed by atoms with Crippen molar-refractivity contribution in [3.05, 3.63) is 24.3 Å². The van der Waals surface area contributed by atoms with Gasteiger partial charge in [-0.05, 0) is 18.6 Å². The van der Waals surface area contributed by atoms with Crippen LogP contribution >= 0.6 is 0 Å². The van der Waals surface area contributed by atoms with Gasteiger partial charge in [-0.1, -0.05) is 12.1 Å². The average Bonchev–Trinajstić information content (AvgIpc) is 2.93. The minimum atomic E-state index is -0.00119. The molecular formula is C14H18N6O. The van der Waals surface area contributed by atoms with Gasteiger partial charge in [0, 0.05) is 31.4 Å². The van der Waals surface area contributed by atoms with Crippen molar-refractivity contribution in [3.63, 3.8) is 0 Å². The third-order valence-corrected chi connectivity index (χ3v) is 3.61. The topological polar surface area (TPSA) is 96.2 Å². The van der Waals surface area contributed by atoms with Crippen molar-refractivity contribution < 1.29 is 4.79 Å². The molecule has 7 nitrogen and oxygen atoms in total. The zero-order chi connectivity index (χ0) is 14.8. The average molecular weight is 286 g/mol. The predicted molar refractivity (Wildman–Crippen MR) is 81.8 cm³/mol. The zero-order valence-corrected chi connectivity index (χ0v) is 11.8. The van der Waals surface area contributed by atoms with E-state index in [4.69, 9.17) is 5.84 Å². The van der Waals surface area contributed by atoms with Crippen molar-refractivity contribution in [2.45, 2.75) is 19.4 Å². The number of nitrogen functional groups attached to an aromatic ring is 1. The summed E-state index contributed by atoms with van der Waals surface area (Å²) in [5.41, 5.74) is 3.35. The Bertz CT molecular complexity index is 674. The second-order valence-electron chi connectivity index (χ2n) is 5.16. The Balaban J connectivity index is 1.94. The minimum Gasteiger partial charge on any atom is -0.354 e. The Labute approximate surface area is 122 Å². The van der Waals surface area contributed by atoms with E-state index in [-0.39, 0.29) is 11.9 Å². The maximum atomic E-state index is 11.2. The quantitative estimate of drug-likeness (QED) is 0.566. The standard InChI is InChI=1S/C14H18N6O/c1-9(21)16-10-6-7-20(8-10)13-11-4-2-3-5-12(11)17-14(18-13)19-15/h2-5,10H,6-8,15H2,1H3,(H,16,21)(H,17,18,19). The van der Waals surface area contributed by atoms with Gasteiger partial charge in [-0.2, -0.15) is 4.98 Å². The van der Waals surface area contributed by atoms with Gasteiger partial charge in [0.25, 0.3) is 0 Å². The molecule has 7 heteroatoms. The number of nitrogens with two attached hydrogens (primary N) is 1. The van der Waals surface area contributed by atoms with Crippen molar-refractivity contribution in [1.29, 1.82) is 0 Å². The van der Waals surface area contributed by atoms with E-state index in [1.165, 1.54) is 0 Å². The summed E-state index contributed by atoms with van der Waals surface area (Å²) in [5.74, 6) is 6.69. The van der Waals surface area contributed by atoms with E-state index in [9.17, 15) is 4.79 Å². The van der Waals surface area contributed by atoms with E-state index in [2.05, 4.69) is 25.6 Å². The number of carbonyl (C=O) groups is 1. The molecule has 1 saturated heterocycles. The monoisotopic (exact) mass is 286 g/mol. The first-order valence-electron chi connectivity index (χ1n) is 6.93. The number of hydrazine groups is 1. The van der Waals surface area contributed by atoms with Gasteiger partial charge in [-0.15, -0.1) is 0 Å².